The molecule has 0 aliphatic rings. The number of amides is 1. The molecule has 1 amide bonds. The molecule has 102 valence electrons. The average Bonchev–Trinajstić information content (AvgIpc) is 2.48. The third-order valence-corrected chi connectivity index (χ3v) is 2.71. The summed E-state index contributed by atoms with van der Waals surface area (Å²) in [5, 5.41) is 6.94. The van der Waals surface area contributed by atoms with E-state index in [4.69, 9.17) is 0 Å². The van der Waals surface area contributed by atoms with Crippen LogP contribution >= 0.6 is 0 Å². The van der Waals surface area contributed by atoms with Gasteiger partial charge in [-0.05, 0) is 24.6 Å². The van der Waals surface area contributed by atoms with Crippen LogP contribution in [-0.2, 0) is 4.79 Å². The van der Waals surface area contributed by atoms with Crippen molar-refractivity contribution in [2.24, 2.45) is 5.10 Å². The van der Waals surface area contributed by atoms with Crippen molar-refractivity contribution in [2.45, 2.75) is 6.92 Å². The van der Waals surface area contributed by atoms with Gasteiger partial charge in [0.25, 0.3) is 5.91 Å². The third kappa shape index (κ3) is 4.57. The van der Waals surface area contributed by atoms with Gasteiger partial charge in [-0.2, -0.15) is 5.10 Å². The number of nitrogens with zero attached hydrogens (tertiary/aromatic N) is 1. The normalized spacial score (nSPS) is 10.4. The Morgan fingerprint density at radius 1 is 1.10 bits per heavy atom. The van der Waals surface area contributed by atoms with E-state index in [9.17, 15) is 4.79 Å². The zero-order chi connectivity index (χ0) is 14.2. The van der Waals surface area contributed by atoms with Crippen LogP contribution in [-0.4, -0.2) is 18.7 Å². The highest BCUT2D eigenvalue weighted by molar-refractivity contribution is 5.84. The van der Waals surface area contributed by atoms with Crippen molar-refractivity contribution in [3.05, 3.63) is 65.7 Å². The van der Waals surface area contributed by atoms with Crippen molar-refractivity contribution in [3.8, 4) is 0 Å². The number of anilines is 1. The summed E-state index contributed by atoms with van der Waals surface area (Å²) in [6.07, 6.45) is 1.61. The third-order valence-electron chi connectivity index (χ3n) is 2.71. The molecule has 0 atom stereocenters. The number of hydrogen-bond donors (Lipinski definition) is 2. The average molecular weight is 267 g/mol. The monoisotopic (exact) mass is 267 g/mol. The molecule has 0 saturated heterocycles. The molecule has 0 unspecified atom stereocenters. The Hall–Kier alpha value is -2.62. The summed E-state index contributed by atoms with van der Waals surface area (Å²) in [5.74, 6) is -0.183. The topological polar surface area (TPSA) is 53.5 Å². The van der Waals surface area contributed by atoms with Crippen molar-refractivity contribution in [1.82, 2.24) is 5.43 Å². The quantitative estimate of drug-likeness (QED) is 0.646. The summed E-state index contributed by atoms with van der Waals surface area (Å²) in [5.41, 5.74) is 5.53. The molecule has 0 saturated carbocycles. The number of benzene rings is 2. The largest absolute Gasteiger partial charge is 0.376 e. The lowest BCUT2D eigenvalue weighted by molar-refractivity contribution is -0.119. The second-order valence-electron chi connectivity index (χ2n) is 4.42. The molecule has 0 radical (unpaired) electrons. The molecule has 20 heavy (non-hydrogen) atoms. The van der Waals surface area contributed by atoms with Crippen LogP contribution in [0.1, 0.15) is 11.1 Å². The van der Waals surface area contributed by atoms with Crippen molar-refractivity contribution >= 4 is 17.8 Å². The Labute approximate surface area is 118 Å². The van der Waals surface area contributed by atoms with Crippen LogP contribution in [0.4, 0.5) is 5.69 Å². The highest BCUT2D eigenvalue weighted by atomic mass is 16.2. The fraction of sp³-hybridized carbons (Fsp3) is 0.125. The van der Waals surface area contributed by atoms with E-state index in [0.717, 1.165) is 11.3 Å². The van der Waals surface area contributed by atoms with Gasteiger partial charge < -0.3 is 5.32 Å². The van der Waals surface area contributed by atoms with Gasteiger partial charge in [-0.1, -0.05) is 48.0 Å². The Bertz CT molecular complexity index is 576. The Morgan fingerprint density at radius 3 is 2.50 bits per heavy atom. The standard InChI is InChI=1S/C16H17N3O/c1-13-7-9-15(10-8-13)17-12-16(20)19-18-11-14-5-3-2-4-6-14/h2-11,17H,12H2,1H3,(H,19,20)/b18-11-. The molecule has 2 rings (SSSR count). The van der Waals surface area contributed by atoms with E-state index in [-0.39, 0.29) is 12.5 Å². The highest BCUT2D eigenvalue weighted by Crippen LogP contribution is 2.07. The molecule has 2 aromatic rings. The van der Waals surface area contributed by atoms with Crippen LogP contribution in [0.2, 0.25) is 0 Å². The highest BCUT2D eigenvalue weighted by Gasteiger charge is 1.98. The zero-order valence-electron chi connectivity index (χ0n) is 11.3. The van der Waals surface area contributed by atoms with Gasteiger partial charge in [0.15, 0.2) is 0 Å². The molecule has 0 heterocycles. The lowest BCUT2D eigenvalue weighted by Crippen LogP contribution is -2.25. The first-order chi connectivity index (χ1) is 9.74. The van der Waals surface area contributed by atoms with Gasteiger partial charge in [0.05, 0.1) is 12.8 Å². The number of aryl methyl sites for hydroxylation is 1. The molecule has 0 aliphatic carbocycles. The molecule has 2 aromatic carbocycles. The lowest BCUT2D eigenvalue weighted by Gasteiger charge is -2.05. The van der Waals surface area contributed by atoms with Gasteiger partial charge in [0.2, 0.25) is 0 Å². The summed E-state index contributed by atoms with van der Waals surface area (Å²) < 4.78 is 0. The smallest absolute Gasteiger partial charge is 0.259 e. The maximum Gasteiger partial charge on any atom is 0.259 e. The molecule has 0 bridgehead atoms. The Morgan fingerprint density at radius 2 is 1.80 bits per heavy atom. The zero-order valence-corrected chi connectivity index (χ0v) is 11.3. The lowest BCUT2D eigenvalue weighted by atomic mass is 10.2. The van der Waals surface area contributed by atoms with Gasteiger partial charge in [-0.25, -0.2) is 5.43 Å². The molecule has 2 N–H and O–H groups in total. The van der Waals surface area contributed by atoms with E-state index in [1.54, 1.807) is 6.21 Å². The van der Waals surface area contributed by atoms with Crippen molar-refractivity contribution < 1.29 is 4.79 Å². The van der Waals surface area contributed by atoms with Gasteiger partial charge in [0, 0.05) is 5.69 Å². The van der Waals surface area contributed by atoms with Gasteiger partial charge in [0.1, 0.15) is 0 Å². The number of carbonyl (C=O) groups excluding carboxylic acids is 1. The van der Waals surface area contributed by atoms with Crippen LogP contribution in [0, 0.1) is 6.92 Å². The number of carbonyl (C=O) groups is 1. The Kier molecular flexibility index (Phi) is 4.89. The number of rotatable bonds is 5. The van der Waals surface area contributed by atoms with E-state index in [0.29, 0.717) is 0 Å². The minimum absolute atomic E-state index is 0.183. The SMILES string of the molecule is Cc1ccc(NCC(=O)N/N=C\c2ccccc2)cc1. The minimum Gasteiger partial charge on any atom is -0.376 e. The number of hydrogen-bond acceptors (Lipinski definition) is 3. The van der Waals surface area contributed by atoms with E-state index in [2.05, 4.69) is 15.8 Å². The second-order valence-corrected chi connectivity index (χ2v) is 4.42. The van der Waals surface area contributed by atoms with Crippen LogP contribution in [0.25, 0.3) is 0 Å². The van der Waals surface area contributed by atoms with Crippen molar-refractivity contribution in [3.63, 3.8) is 0 Å². The minimum atomic E-state index is -0.183. The Balaban J connectivity index is 1.76. The first-order valence-corrected chi connectivity index (χ1v) is 6.41. The maximum absolute atomic E-state index is 11.6. The van der Waals surface area contributed by atoms with Crippen molar-refractivity contribution in [2.75, 3.05) is 11.9 Å². The van der Waals surface area contributed by atoms with Gasteiger partial charge >= 0.3 is 0 Å². The molecule has 0 aliphatic heterocycles. The van der Waals surface area contributed by atoms with E-state index in [1.807, 2.05) is 61.5 Å². The van der Waals surface area contributed by atoms with E-state index in [1.165, 1.54) is 5.56 Å². The predicted molar refractivity (Wildman–Crippen MR) is 81.8 cm³/mol. The summed E-state index contributed by atoms with van der Waals surface area (Å²) in [4.78, 5) is 11.6. The molecule has 4 heteroatoms. The van der Waals surface area contributed by atoms with Crippen LogP contribution in [0.5, 0.6) is 0 Å². The van der Waals surface area contributed by atoms with Crippen LogP contribution in [0.15, 0.2) is 59.7 Å². The fourth-order valence-corrected chi connectivity index (χ4v) is 1.61. The molecular formula is C16H17N3O. The van der Waals surface area contributed by atoms with E-state index >= 15 is 0 Å². The van der Waals surface area contributed by atoms with Crippen LogP contribution < -0.4 is 10.7 Å². The molecule has 0 spiro atoms. The van der Waals surface area contributed by atoms with Gasteiger partial charge in [-0.15, -0.1) is 0 Å². The van der Waals surface area contributed by atoms with Crippen LogP contribution in [0.3, 0.4) is 0 Å². The van der Waals surface area contributed by atoms with E-state index < -0.39 is 0 Å². The molecule has 4 nitrogen and oxygen atoms in total. The molecular weight excluding hydrogens is 250 g/mol. The first kappa shape index (κ1) is 13.8. The predicted octanol–water partition coefficient (Wildman–Crippen LogP) is 2.56. The molecule has 0 fully saturated rings. The number of hydrazone groups is 1. The van der Waals surface area contributed by atoms with Crippen molar-refractivity contribution in [1.29, 1.82) is 0 Å². The summed E-state index contributed by atoms with van der Waals surface area (Å²) in [6.45, 7) is 2.21. The molecule has 0 aromatic heterocycles. The maximum atomic E-state index is 11.6. The summed E-state index contributed by atoms with van der Waals surface area (Å²) in [6, 6.07) is 17.5. The fourth-order valence-electron chi connectivity index (χ4n) is 1.61. The van der Waals surface area contributed by atoms with Gasteiger partial charge in [-0.3, -0.25) is 4.79 Å². The summed E-state index contributed by atoms with van der Waals surface area (Å²) in [7, 11) is 0. The second kappa shape index (κ2) is 7.09. The number of nitrogens with one attached hydrogen (secondary N) is 2. The first-order valence-electron chi connectivity index (χ1n) is 6.41. The summed E-state index contributed by atoms with van der Waals surface area (Å²) >= 11 is 0.